The van der Waals surface area contributed by atoms with Gasteiger partial charge < -0.3 is 57.3 Å². The van der Waals surface area contributed by atoms with Crippen LogP contribution in [0.15, 0.2) is 54.6 Å². The molecule has 14 N–H and O–H groups in total. The summed E-state index contributed by atoms with van der Waals surface area (Å²) in [6.07, 6.45) is -0.751. The summed E-state index contributed by atoms with van der Waals surface area (Å²) >= 11 is 0. The van der Waals surface area contributed by atoms with E-state index in [1.54, 1.807) is 6.92 Å². The van der Waals surface area contributed by atoms with Crippen LogP contribution in [0.3, 0.4) is 0 Å². The molecule has 4 bridgehead atoms. The third-order valence-corrected chi connectivity index (χ3v) is 13.2. The van der Waals surface area contributed by atoms with Gasteiger partial charge in [0.25, 0.3) is 10.2 Å². The predicted octanol–water partition coefficient (Wildman–Crippen LogP) is 1.05. The van der Waals surface area contributed by atoms with Gasteiger partial charge in [-0.3, -0.25) is 19.2 Å². The lowest BCUT2D eigenvalue weighted by atomic mass is 9.88. The molecule has 2 amide bonds. The van der Waals surface area contributed by atoms with Crippen molar-refractivity contribution in [3.63, 3.8) is 0 Å². The molecular weight excluding hydrogens is 955 g/mol. The number of nitrogen functional groups attached to an aromatic ring is 1. The molecule has 1 saturated carbocycles. The Morgan fingerprint density at radius 3 is 2.18 bits per heavy atom. The van der Waals surface area contributed by atoms with Crippen molar-refractivity contribution in [2.24, 2.45) is 34.4 Å². The molecule has 1 aromatic heterocycles. The molecule has 0 saturated heterocycles. The minimum Gasteiger partial charge on any atom is -0.504 e. The van der Waals surface area contributed by atoms with E-state index in [4.69, 9.17) is 31.8 Å². The van der Waals surface area contributed by atoms with Crippen LogP contribution in [0.1, 0.15) is 77.8 Å². The molecule has 0 radical (unpaired) electrons. The highest BCUT2D eigenvalue weighted by molar-refractivity contribution is 7.87. The lowest BCUT2D eigenvalue weighted by molar-refractivity contribution is -0.144. The van der Waals surface area contributed by atoms with Gasteiger partial charge in [0.05, 0.1) is 11.3 Å². The summed E-state index contributed by atoms with van der Waals surface area (Å²) < 4.78 is 38.0. The zero-order valence-electron chi connectivity index (χ0n) is 40.2. The highest BCUT2D eigenvalue weighted by Gasteiger charge is 2.38. The molecule has 72 heavy (non-hydrogen) atoms. The molecule has 2 aliphatic rings. The number of rotatable bonds is 21. The van der Waals surface area contributed by atoms with Crippen molar-refractivity contribution in [2.45, 2.75) is 83.1 Å². The van der Waals surface area contributed by atoms with E-state index in [2.05, 4.69) is 20.0 Å². The summed E-state index contributed by atoms with van der Waals surface area (Å²) in [6, 6.07) is 11.6. The van der Waals surface area contributed by atoms with Gasteiger partial charge in [-0.25, -0.2) is 24.6 Å². The van der Waals surface area contributed by atoms with Crippen LogP contribution in [0.4, 0.5) is 5.82 Å². The van der Waals surface area contributed by atoms with Crippen LogP contribution in [0, 0.1) is 24.7 Å². The number of hydrogen-bond donors (Lipinski definition) is 10. The Labute approximate surface area is 416 Å². The highest BCUT2D eigenvalue weighted by Crippen LogP contribution is 2.45. The molecule has 6 rings (SSSR count). The molecular formula is C49H63N9O13S. The van der Waals surface area contributed by atoms with Crippen LogP contribution >= 0.6 is 0 Å². The van der Waals surface area contributed by atoms with Crippen molar-refractivity contribution >= 4 is 45.4 Å². The third kappa shape index (κ3) is 14.1. The van der Waals surface area contributed by atoms with Crippen LogP contribution in [-0.4, -0.2) is 131 Å². The Balaban J connectivity index is 1.45. The maximum atomic E-state index is 15.1. The fraction of sp³-hybridized carbons (Fsp3) is 0.449. The van der Waals surface area contributed by atoms with E-state index in [9.17, 15) is 48.0 Å². The molecule has 4 aromatic rings. The molecule has 2 heterocycles. The summed E-state index contributed by atoms with van der Waals surface area (Å²) in [4.78, 5) is 80.5. The molecule has 1 fully saturated rings. The third-order valence-electron chi connectivity index (χ3n) is 12.6. The number of ketones is 2. The number of aromatic nitrogens is 2. The summed E-state index contributed by atoms with van der Waals surface area (Å²) in [7, 11) is -3.04. The zero-order valence-corrected chi connectivity index (χ0v) is 41.1. The number of carbonyl (C=O) groups excluding carboxylic acids is 4. The van der Waals surface area contributed by atoms with Gasteiger partial charge in [0, 0.05) is 74.5 Å². The average molecular weight is 1020 g/mol. The van der Waals surface area contributed by atoms with E-state index in [1.165, 1.54) is 62.7 Å². The Kier molecular flexibility index (Phi) is 18.1. The van der Waals surface area contributed by atoms with Gasteiger partial charge in [0.2, 0.25) is 11.8 Å². The van der Waals surface area contributed by atoms with E-state index in [0.717, 1.165) is 11.3 Å². The smallest absolute Gasteiger partial charge is 0.326 e. The number of carboxylic acids is 1. The first-order chi connectivity index (χ1) is 34.1. The van der Waals surface area contributed by atoms with Crippen molar-refractivity contribution in [2.75, 3.05) is 45.6 Å². The fourth-order valence-electron chi connectivity index (χ4n) is 8.48. The van der Waals surface area contributed by atoms with Crippen molar-refractivity contribution in [3.8, 4) is 39.8 Å². The average Bonchev–Trinajstić information content (AvgIpc) is 4.15. The fourth-order valence-corrected chi connectivity index (χ4v) is 8.88. The number of aliphatic hydroxyl groups excluding tert-OH is 2. The number of benzene rings is 3. The number of nitrogens with two attached hydrogens (primary N) is 4. The number of nitrogens with one attached hydrogen (secondary N) is 2. The van der Waals surface area contributed by atoms with E-state index in [-0.39, 0.29) is 83.6 Å². The van der Waals surface area contributed by atoms with Crippen LogP contribution in [0.25, 0.3) is 22.5 Å². The summed E-state index contributed by atoms with van der Waals surface area (Å²) in [5.74, 6) is -7.08. The molecule has 6 atom stereocenters. The molecule has 388 valence electrons. The summed E-state index contributed by atoms with van der Waals surface area (Å²) in [5.41, 5.74) is 20.0. The molecule has 22 nitrogen and oxygen atoms in total. The quantitative estimate of drug-likeness (QED) is 0.0521. The number of carboxylic acid groups (broad SMARTS) is 1. The zero-order chi connectivity index (χ0) is 52.6. The molecule has 0 spiro atoms. The first-order valence-electron chi connectivity index (χ1n) is 23.5. The van der Waals surface area contributed by atoms with E-state index >= 15 is 4.79 Å². The van der Waals surface area contributed by atoms with Crippen molar-refractivity contribution < 1.29 is 62.3 Å². The number of ether oxygens (including phenoxy) is 2. The Bertz CT molecular complexity index is 2750. The minimum atomic E-state index is -4.29. The Morgan fingerprint density at radius 2 is 1.58 bits per heavy atom. The van der Waals surface area contributed by atoms with Crippen LogP contribution in [-0.2, 0) is 42.2 Å². The maximum Gasteiger partial charge on any atom is 0.326 e. The van der Waals surface area contributed by atoms with Crippen LogP contribution in [0.5, 0.6) is 17.2 Å². The van der Waals surface area contributed by atoms with Crippen LogP contribution < -0.4 is 41.9 Å². The van der Waals surface area contributed by atoms with E-state index < -0.39 is 107 Å². The number of aliphatic hydroxyl groups is 2. The van der Waals surface area contributed by atoms with Gasteiger partial charge >= 0.3 is 5.97 Å². The van der Waals surface area contributed by atoms with Gasteiger partial charge in [-0.15, -0.1) is 0 Å². The van der Waals surface area contributed by atoms with Crippen molar-refractivity contribution in [1.82, 2.24) is 24.9 Å². The minimum absolute atomic E-state index is 0.00954. The number of aliphatic carboxylic acids is 1. The topological polar surface area (TPSA) is 376 Å². The molecule has 0 unspecified atom stereocenters. The number of carbonyl (C=O) groups is 5. The monoisotopic (exact) mass is 1020 g/mol. The molecule has 3 aromatic carbocycles. The lowest BCUT2D eigenvalue weighted by Crippen LogP contribution is -2.46. The molecule has 1 aliphatic heterocycles. The summed E-state index contributed by atoms with van der Waals surface area (Å²) in [6.45, 7) is 1.33. The number of phenolic OH excluding ortho intramolecular Hbond substituents is 1. The second-order valence-corrected chi connectivity index (χ2v) is 19.8. The van der Waals surface area contributed by atoms with Gasteiger partial charge in [-0.2, -0.15) is 8.42 Å². The van der Waals surface area contributed by atoms with Crippen molar-refractivity contribution in [1.29, 1.82) is 0 Å². The SMILES string of the molecule is Cc1nc(-c2ccc(CC3CC3)cc2)nc(N)c1C(=O)C[C@@H](CCNS(N)(=O)=O)C(=O)N(C)[C@@H]1C(=O)C[C@@H](C)C(=O)N[C@H](C(=O)O)Cc2ccc(OC[C@H](O)CN)c(c2)-c2cc1cc(OC[C@H](O)CN)c2O. The maximum absolute atomic E-state index is 15.1. The Hall–Kier alpha value is -6.60. The number of aryl methyl sites for hydroxylation is 1. The molecule has 1 aliphatic carbocycles. The number of amides is 2. The number of hydrogen-bond acceptors (Lipinski definition) is 17. The standard InChI is InChI=1S/C49H63N9O13S/c1-25-14-39(62)43(32-18-36(44(63)41(20-32)71-24-34(60)22-51)35-16-29(17-37(49(66)67)56-47(25)64)8-11-40(35)70-23-33(59)21-50)58(3)48(65)31(12-13-54-72(53,68)69)19-38(61)42-26(2)55-46(57-45(42)52)30-9-6-28(7-10-30)15-27-4-5-27/h6-11,16,18,20,25,27,31,33-34,37,43,54,59-60,63H,4-5,12-15,17,19,21-24,50-51H2,1-3H3,(H,56,64)(H,66,67)(H2,52,55,57)(H2,53,68,69)/t25-,31-,33-,34-,37+,43+/m1/s1. The van der Waals surface area contributed by atoms with Crippen molar-refractivity contribution in [3.05, 3.63) is 82.5 Å². The Morgan fingerprint density at radius 1 is 0.931 bits per heavy atom. The van der Waals surface area contributed by atoms with E-state index in [1.807, 2.05) is 24.3 Å². The molecule has 23 heteroatoms. The van der Waals surface area contributed by atoms with E-state index in [0.29, 0.717) is 17.0 Å². The largest absolute Gasteiger partial charge is 0.504 e. The lowest BCUT2D eigenvalue weighted by Gasteiger charge is -2.32. The van der Waals surface area contributed by atoms with Gasteiger partial charge in [0.1, 0.15) is 49.1 Å². The first kappa shape index (κ1) is 54.7. The second-order valence-electron chi connectivity index (χ2n) is 18.5. The number of anilines is 1. The summed E-state index contributed by atoms with van der Waals surface area (Å²) in [5, 5.41) is 50.6. The number of phenols is 1. The second kappa shape index (κ2) is 23.7. The number of aromatic hydroxyl groups is 1. The first-order valence-corrected chi connectivity index (χ1v) is 25.0. The van der Waals surface area contributed by atoms with Gasteiger partial charge in [-0.05, 0) is 79.5 Å². The highest BCUT2D eigenvalue weighted by atomic mass is 32.2. The van der Waals surface area contributed by atoms with Gasteiger partial charge in [-0.1, -0.05) is 37.3 Å². The number of likely N-dealkylation sites (N-methyl/N-ethyl adjacent to an activating group) is 1. The number of Topliss-reactive ketones (excluding diaryl/α,β-unsaturated/α-hetero) is 2. The number of fused-ring (bicyclic) bond motifs is 5. The normalized spacial score (nSPS) is 18.5. The number of nitrogens with zero attached hydrogens (tertiary/aromatic N) is 3. The van der Waals surface area contributed by atoms with Gasteiger partial charge in [0.15, 0.2) is 28.9 Å². The predicted molar refractivity (Wildman–Crippen MR) is 263 cm³/mol. The van der Waals surface area contributed by atoms with Crippen LogP contribution in [0.2, 0.25) is 0 Å².